The van der Waals surface area contributed by atoms with E-state index < -0.39 is 11.8 Å². The second-order valence-corrected chi connectivity index (χ2v) is 7.14. The van der Waals surface area contributed by atoms with Gasteiger partial charge >= 0.3 is 0 Å². The normalized spacial score (nSPS) is 10.6. The highest BCUT2D eigenvalue weighted by Gasteiger charge is 2.09. The van der Waals surface area contributed by atoms with Crippen LogP contribution in [0.4, 0.5) is 5.69 Å². The van der Waals surface area contributed by atoms with E-state index >= 15 is 0 Å². The van der Waals surface area contributed by atoms with E-state index in [0.29, 0.717) is 34.4 Å². The van der Waals surface area contributed by atoms with Crippen LogP contribution in [0.5, 0.6) is 11.5 Å². The molecule has 0 aliphatic heterocycles. The lowest BCUT2D eigenvalue weighted by atomic mass is 10.2. The number of hydrogen-bond acceptors (Lipinski definition) is 5. The van der Waals surface area contributed by atoms with Gasteiger partial charge in [0.15, 0.2) is 0 Å². The number of benzene rings is 3. The zero-order valence-electron chi connectivity index (χ0n) is 17.4. The van der Waals surface area contributed by atoms with Gasteiger partial charge in [-0.1, -0.05) is 35.9 Å². The van der Waals surface area contributed by atoms with Crippen molar-refractivity contribution in [2.45, 2.75) is 13.0 Å². The summed E-state index contributed by atoms with van der Waals surface area (Å²) in [5.74, 6) is 0.298. The number of rotatable bonds is 9. The van der Waals surface area contributed by atoms with E-state index in [1.807, 2.05) is 30.3 Å². The van der Waals surface area contributed by atoms with Crippen molar-refractivity contribution in [3.63, 3.8) is 0 Å². The summed E-state index contributed by atoms with van der Waals surface area (Å²) in [5, 5.41) is 7.24. The van der Waals surface area contributed by atoms with Gasteiger partial charge in [0.25, 0.3) is 0 Å². The van der Waals surface area contributed by atoms with Gasteiger partial charge in [-0.15, -0.1) is 0 Å². The average molecular weight is 452 g/mol. The van der Waals surface area contributed by atoms with Crippen LogP contribution in [-0.2, 0) is 16.2 Å². The first kappa shape index (κ1) is 22.8. The van der Waals surface area contributed by atoms with Gasteiger partial charge in [0.05, 0.1) is 13.3 Å². The summed E-state index contributed by atoms with van der Waals surface area (Å²) in [5.41, 5.74) is 4.58. The van der Waals surface area contributed by atoms with Crippen molar-refractivity contribution >= 4 is 35.3 Å². The topological polar surface area (TPSA) is 89.0 Å². The van der Waals surface area contributed by atoms with E-state index in [-0.39, 0.29) is 6.42 Å². The number of carbonyl (C=O) groups is 2. The second-order valence-electron chi connectivity index (χ2n) is 6.70. The van der Waals surface area contributed by atoms with Gasteiger partial charge in [-0.3, -0.25) is 9.59 Å². The Hall–Kier alpha value is -3.84. The first-order valence-corrected chi connectivity index (χ1v) is 10.1. The third-order valence-electron chi connectivity index (χ3n) is 4.31. The Bertz CT molecular complexity index is 1080. The highest BCUT2D eigenvalue weighted by Crippen LogP contribution is 2.18. The Morgan fingerprint density at radius 1 is 0.969 bits per heavy atom. The Morgan fingerprint density at radius 2 is 1.69 bits per heavy atom. The molecule has 0 radical (unpaired) electrons. The number of methoxy groups -OCH3 is 1. The number of para-hydroxylation sites is 1. The van der Waals surface area contributed by atoms with Crippen molar-refractivity contribution < 1.29 is 19.1 Å². The second kappa shape index (κ2) is 11.5. The Morgan fingerprint density at radius 3 is 2.41 bits per heavy atom. The minimum atomic E-state index is -0.535. The maximum absolute atomic E-state index is 12.0. The van der Waals surface area contributed by atoms with Gasteiger partial charge in [0, 0.05) is 16.3 Å². The van der Waals surface area contributed by atoms with Crippen LogP contribution in [0.2, 0.25) is 5.02 Å². The lowest BCUT2D eigenvalue weighted by molar-refractivity contribution is -0.126. The molecule has 7 nitrogen and oxygen atoms in total. The average Bonchev–Trinajstić information content (AvgIpc) is 2.80. The number of anilines is 1. The third-order valence-corrected chi connectivity index (χ3v) is 4.57. The molecule has 2 N–H and O–H groups in total. The van der Waals surface area contributed by atoms with Gasteiger partial charge in [0.1, 0.15) is 24.5 Å². The van der Waals surface area contributed by atoms with Crippen LogP contribution in [0.15, 0.2) is 77.9 Å². The summed E-state index contributed by atoms with van der Waals surface area (Å²) in [6, 6.07) is 21.5. The smallest absolute Gasteiger partial charge is 0.249 e. The molecule has 3 aromatic carbocycles. The fraction of sp³-hybridized carbons (Fsp3) is 0.125. The third kappa shape index (κ3) is 7.14. The fourth-order valence-electron chi connectivity index (χ4n) is 2.70. The van der Waals surface area contributed by atoms with Crippen molar-refractivity contribution in [1.29, 1.82) is 0 Å². The first-order valence-electron chi connectivity index (χ1n) is 9.75. The van der Waals surface area contributed by atoms with Gasteiger partial charge < -0.3 is 14.8 Å². The predicted octanol–water partition coefficient (Wildman–Crippen LogP) is 4.41. The van der Waals surface area contributed by atoms with Crippen LogP contribution in [0.1, 0.15) is 17.5 Å². The predicted molar refractivity (Wildman–Crippen MR) is 124 cm³/mol. The summed E-state index contributed by atoms with van der Waals surface area (Å²) in [6.07, 6.45) is 1.11. The van der Waals surface area contributed by atoms with Crippen LogP contribution in [-0.4, -0.2) is 25.1 Å². The molecule has 164 valence electrons. The van der Waals surface area contributed by atoms with Gasteiger partial charge in [-0.25, -0.2) is 5.43 Å². The van der Waals surface area contributed by atoms with Crippen LogP contribution in [0.25, 0.3) is 0 Å². The highest BCUT2D eigenvalue weighted by molar-refractivity contribution is 6.30. The number of hydrogen-bond donors (Lipinski definition) is 2. The fourth-order valence-corrected chi connectivity index (χ4v) is 2.83. The molecule has 0 heterocycles. The maximum atomic E-state index is 12.0. The molecule has 0 aliphatic rings. The molecule has 0 aromatic heterocycles. The van der Waals surface area contributed by atoms with E-state index in [1.54, 1.807) is 49.6 Å². The number of amides is 2. The zero-order valence-corrected chi connectivity index (χ0v) is 18.1. The molecule has 3 aromatic rings. The molecule has 8 heteroatoms. The number of halogens is 1. The van der Waals surface area contributed by atoms with Gasteiger partial charge in [0.2, 0.25) is 11.8 Å². The number of nitrogens with one attached hydrogen (secondary N) is 2. The lowest BCUT2D eigenvalue weighted by Gasteiger charge is -2.09. The summed E-state index contributed by atoms with van der Waals surface area (Å²) in [7, 11) is 1.56. The highest BCUT2D eigenvalue weighted by atomic mass is 35.5. The van der Waals surface area contributed by atoms with Crippen molar-refractivity contribution in [2.24, 2.45) is 5.10 Å². The molecular weight excluding hydrogens is 430 g/mol. The molecule has 0 saturated heterocycles. The molecule has 0 unspecified atom stereocenters. The largest absolute Gasteiger partial charge is 0.497 e. The number of hydrazone groups is 1. The molecule has 3 rings (SSSR count). The monoisotopic (exact) mass is 451 g/mol. The summed E-state index contributed by atoms with van der Waals surface area (Å²) in [4.78, 5) is 24.0. The summed E-state index contributed by atoms with van der Waals surface area (Å²) >= 11 is 5.90. The Balaban J connectivity index is 1.49. The van der Waals surface area contributed by atoms with Crippen molar-refractivity contribution in [1.82, 2.24) is 5.43 Å². The van der Waals surface area contributed by atoms with Crippen molar-refractivity contribution in [2.75, 3.05) is 12.4 Å². The Labute approximate surface area is 191 Å². The lowest BCUT2D eigenvalue weighted by Crippen LogP contribution is -2.24. The molecule has 2 amide bonds. The molecule has 0 spiro atoms. The molecule has 0 atom stereocenters. The minimum Gasteiger partial charge on any atom is -0.497 e. The molecule has 0 fully saturated rings. The Kier molecular flexibility index (Phi) is 8.22. The number of ether oxygens (including phenoxy) is 2. The molecule has 0 aliphatic carbocycles. The molecular formula is C24H22ClN3O4. The first-order chi connectivity index (χ1) is 15.5. The van der Waals surface area contributed by atoms with E-state index in [2.05, 4.69) is 15.8 Å². The van der Waals surface area contributed by atoms with E-state index in [4.69, 9.17) is 21.1 Å². The van der Waals surface area contributed by atoms with E-state index in [9.17, 15) is 9.59 Å². The quantitative estimate of drug-likeness (QED) is 0.286. The standard InChI is InChI=1S/C24H22ClN3O4/c1-31-21-12-10-20(11-13-21)27-23(29)14-24(30)28-26-15-18-4-2-3-5-22(18)32-16-17-6-8-19(25)9-7-17/h2-13,15H,14,16H2,1H3,(H,27,29)(H,28,30). The van der Waals surface area contributed by atoms with Crippen LogP contribution < -0.4 is 20.2 Å². The maximum Gasteiger partial charge on any atom is 0.249 e. The molecule has 0 saturated carbocycles. The summed E-state index contributed by atoms with van der Waals surface area (Å²) in [6.45, 7) is 0.361. The molecule has 32 heavy (non-hydrogen) atoms. The summed E-state index contributed by atoms with van der Waals surface area (Å²) < 4.78 is 10.9. The number of carbonyl (C=O) groups excluding carboxylic acids is 2. The van der Waals surface area contributed by atoms with Gasteiger partial charge in [-0.05, 0) is 54.1 Å². The van der Waals surface area contributed by atoms with Crippen molar-refractivity contribution in [3.05, 3.63) is 88.9 Å². The van der Waals surface area contributed by atoms with Crippen molar-refractivity contribution in [3.8, 4) is 11.5 Å². The van der Waals surface area contributed by atoms with Gasteiger partial charge in [-0.2, -0.15) is 5.10 Å². The van der Waals surface area contributed by atoms with Crippen LogP contribution in [0.3, 0.4) is 0 Å². The van der Waals surface area contributed by atoms with E-state index in [0.717, 1.165) is 5.56 Å². The zero-order chi connectivity index (χ0) is 22.8. The van der Waals surface area contributed by atoms with Crippen LogP contribution in [0, 0.1) is 0 Å². The van der Waals surface area contributed by atoms with Crippen LogP contribution >= 0.6 is 11.6 Å². The van der Waals surface area contributed by atoms with E-state index in [1.165, 1.54) is 6.21 Å². The number of nitrogens with zero attached hydrogens (tertiary/aromatic N) is 1. The SMILES string of the molecule is COc1ccc(NC(=O)CC(=O)NN=Cc2ccccc2OCc2ccc(Cl)cc2)cc1. The molecule has 0 bridgehead atoms. The minimum absolute atomic E-state index is 0.361.